The number of hydrogen-bond donors (Lipinski definition) is 2. The van der Waals surface area contributed by atoms with Crippen LogP contribution < -0.4 is 11.1 Å². The maximum atomic E-state index is 12.5. The van der Waals surface area contributed by atoms with Crippen LogP contribution >= 0.6 is 0 Å². The maximum Gasteiger partial charge on any atom is 0.277 e. The van der Waals surface area contributed by atoms with Gasteiger partial charge in [0.25, 0.3) is 5.91 Å². The van der Waals surface area contributed by atoms with Crippen molar-refractivity contribution in [1.29, 1.82) is 0 Å². The predicted octanol–water partition coefficient (Wildman–Crippen LogP) is -0.928. The number of nitrogens with zero attached hydrogens (tertiary/aromatic N) is 3. The fraction of sp³-hybridized carbons (Fsp3) is 0.583. The molecule has 1 fully saturated rings. The lowest BCUT2D eigenvalue weighted by molar-refractivity contribution is -0.130. The number of aromatic nitrogens is 2. The Labute approximate surface area is 116 Å². The first-order valence-corrected chi connectivity index (χ1v) is 6.51. The number of nitrogens with one attached hydrogen (secondary N) is 1. The highest BCUT2D eigenvalue weighted by Crippen LogP contribution is 2.16. The lowest BCUT2D eigenvalue weighted by Crippen LogP contribution is -2.55. The molecule has 1 aliphatic rings. The molecular weight excluding hydrogens is 262 g/mol. The Morgan fingerprint density at radius 3 is 2.95 bits per heavy atom. The van der Waals surface area contributed by atoms with E-state index in [1.54, 1.807) is 10.9 Å². The summed E-state index contributed by atoms with van der Waals surface area (Å²) in [6.07, 6.45) is 1.61. The van der Waals surface area contributed by atoms with Crippen molar-refractivity contribution in [2.75, 3.05) is 32.5 Å². The van der Waals surface area contributed by atoms with Crippen molar-refractivity contribution < 1.29 is 14.3 Å². The molecule has 1 unspecified atom stereocenters. The first-order chi connectivity index (χ1) is 9.58. The van der Waals surface area contributed by atoms with Crippen molar-refractivity contribution in [2.24, 2.45) is 0 Å². The summed E-state index contributed by atoms with van der Waals surface area (Å²) >= 11 is 0. The summed E-state index contributed by atoms with van der Waals surface area (Å²) < 4.78 is 6.86. The lowest BCUT2D eigenvalue weighted by atomic mass is 10.2. The van der Waals surface area contributed by atoms with Crippen LogP contribution in [0.25, 0.3) is 0 Å². The van der Waals surface area contributed by atoms with Crippen LogP contribution in [0.2, 0.25) is 0 Å². The smallest absolute Gasteiger partial charge is 0.277 e. The van der Waals surface area contributed by atoms with Gasteiger partial charge in [0.05, 0.1) is 18.9 Å². The van der Waals surface area contributed by atoms with E-state index in [2.05, 4.69) is 10.4 Å². The summed E-state index contributed by atoms with van der Waals surface area (Å²) in [5, 5.41) is 6.68. The van der Waals surface area contributed by atoms with Gasteiger partial charge in [0.2, 0.25) is 5.91 Å². The van der Waals surface area contributed by atoms with Gasteiger partial charge in [0.1, 0.15) is 6.04 Å². The SMILES string of the molecule is CCn1cc(N)c(C(=O)N2CCOCC2C(=O)NC)n1. The highest BCUT2D eigenvalue weighted by atomic mass is 16.5. The minimum Gasteiger partial charge on any atom is -0.396 e. The van der Waals surface area contributed by atoms with E-state index in [1.807, 2.05) is 6.92 Å². The number of anilines is 1. The molecule has 0 spiro atoms. The lowest BCUT2D eigenvalue weighted by Gasteiger charge is -2.33. The Morgan fingerprint density at radius 1 is 1.60 bits per heavy atom. The summed E-state index contributed by atoms with van der Waals surface area (Å²) in [5.41, 5.74) is 6.32. The third-order valence-electron chi connectivity index (χ3n) is 3.25. The zero-order valence-electron chi connectivity index (χ0n) is 11.6. The molecule has 0 aromatic carbocycles. The molecular formula is C12H19N5O3. The van der Waals surface area contributed by atoms with E-state index >= 15 is 0 Å². The highest BCUT2D eigenvalue weighted by Gasteiger charge is 2.34. The molecule has 8 nitrogen and oxygen atoms in total. The van der Waals surface area contributed by atoms with Crippen molar-refractivity contribution in [3.05, 3.63) is 11.9 Å². The molecule has 0 aliphatic carbocycles. The van der Waals surface area contributed by atoms with Gasteiger partial charge in [-0.25, -0.2) is 0 Å². The van der Waals surface area contributed by atoms with Crippen LogP contribution in [0.5, 0.6) is 0 Å². The fourth-order valence-corrected chi connectivity index (χ4v) is 2.13. The van der Waals surface area contributed by atoms with E-state index in [4.69, 9.17) is 10.5 Å². The minimum absolute atomic E-state index is 0.180. The summed E-state index contributed by atoms with van der Waals surface area (Å²) in [6, 6.07) is -0.646. The Bertz CT molecular complexity index is 513. The molecule has 8 heteroatoms. The van der Waals surface area contributed by atoms with Gasteiger partial charge in [-0.1, -0.05) is 0 Å². The third kappa shape index (κ3) is 2.60. The number of hydrogen-bond acceptors (Lipinski definition) is 5. The standard InChI is InChI=1S/C12H19N5O3/c1-3-16-6-8(13)10(15-16)12(19)17-4-5-20-7-9(17)11(18)14-2/h6,9H,3-5,7,13H2,1-2H3,(H,14,18). The summed E-state index contributed by atoms with van der Waals surface area (Å²) in [4.78, 5) is 25.8. The number of nitrogens with two attached hydrogens (primary N) is 1. The number of carbonyl (C=O) groups is 2. The maximum absolute atomic E-state index is 12.5. The number of aryl methyl sites for hydroxylation is 1. The van der Waals surface area contributed by atoms with Gasteiger partial charge >= 0.3 is 0 Å². The van der Waals surface area contributed by atoms with E-state index in [0.29, 0.717) is 25.4 Å². The van der Waals surface area contributed by atoms with E-state index in [1.165, 1.54) is 11.9 Å². The van der Waals surface area contributed by atoms with Crippen LogP contribution in [0.15, 0.2) is 6.20 Å². The van der Waals surface area contributed by atoms with Crippen molar-refractivity contribution in [3.63, 3.8) is 0 Å². The number of nitrogen functional groups attached to an aromatic ring is 1. The molecule has 20 heavy (non-hydrogen) atoms. The van der Waals surface area contributed by atoms with Crippen molar-refractivity contribution in [2.45, 2.75) is 19.5 Å². The van der Waals surface area contributed by atoms with E-state index in [-0.39, 0.29) is 24.1 Å². The van der Waals surface area contributed by atoms with E-state index in [0.717, 1.165) is 0 Å². The first kappa shape index (κ1) is 14.3. The molecule has 2 heterocycles. The highest BCUT2D eigenvalue weighted by molar-refractivity contribution is 5.99. The van der Waals surface area contributed by atoms with Crippen LogP contribution in [0.1, 0.15) is 17.4 Å². The van der Waals surface area contributed by atoms with Crippen LogP contribution in [-0.4, -0.2) is 59.3 Å². The molecule has 3 N–H and O–H groups in total. The zero-order chi connectivity index (χ0) is 14.7. The molecule has 1 aliphatic heterocycles. The second-order valence-electron chi connectivity index (χ2n) is 4.49. The topological polar surface area (TPSA) is 102 Å². The Morgan fingerprint density at radius 2 is 2.35 bits per heavy atom. The fourth-order valence-electron chi connectivity index (χ4n) is 2.13. The first-order valence-electron chi connectivity index (χ1n) is 6.51. The van der Waals surface area contributed by atoms with Crippen molar-refractivity contribution in [1.82, 2.24) is 20.0 Å². The van der Waals surface area contributed by atoms with E-state index in [9.17, 15) is 9.59 Å². The molecule has 110 valence electrons. The molecule has 2 amide bonds. The molecule has 1 aromatic rings. The van der Waals surface area contributed by atoms with Crippen LogP contribution in [0.3, 0.4) is 0 Å². The molecule has 1 aromatic heterocycles. The van der Waals surface area contributed by atoms with Gasteiger partial charge in [0.15, 0.2) is 5.69 Å². The van der Waals surface area contributed by atoms with Crippen molar-refractivity contribution >= 4 is 17.5 Å². The Kier molecular flexibility index (Phi) is 4.23. The Hall–Kier alpha value is -2.09. The largest absolute Gasteiger partial charge is 0.396 e. The minimum atomic E-state index is -0.646. The summed E-state index contributed by atoms with van der Waals surface area (Å²) in [7, 11) is 1.53. The molecule has 0 radical (unpaired) electrons. The van der Waals surface area contributed by atoms with Crippen LogP contribution in [-0.2, 0) is 16.1 Å². The summed E-state index contributed by atoms with van der Waals surface area (Å²) in [6.45, 7) is 3.45. The number of rotatable bonds is 3. The van der Waals surface area contributed by atoms with E-state index < -0.39 is 6.04 Å². The number of morpholine rings is 1. The van der Waals surface area contributed by atoms with Crippen LogP contribution in [0.4, 0.5) is 5.69 Å². The predicted molar refractivity (Wildman–Crippen MR) is 72.0 cm³/mol. The van der Waals surface area contributed by atoms with Gasteiger partial charge in [-0.3, -0.25) is 14.3 Å². The molecule has 0 saturated carbocycles. The summed E-state index contributed by atoms with van der Waals surface area (Å²) in [5.74, 6) is -0.599. The van der Waals surface area contributed by atoms with Crippen LogP contribution in [0, 0.1) is 0 Å². The van der Waals surface area contributed by atoms with Gasteiger partial charge < -0.3 is 20.7 Å². The number of ether oxygens (including phenoxy) is 1. The average Bonchev–Trinajstić information content (AvgIpc) is 2.86. The molecule has 1 saturated heterocycles. The monoisotopic (exact) mass is 281 g/mol. The van der Waals surface area contributed by atoms with Gasteiger partial charge in [-0.05, 0) is 6.92 Å². The quantitative estimate of drug-likeness (QED) is 0.745. The third-order valence-corrected chi connectivity index (χ3v) is 3.25. The Balaban J connectivity index is 2.25. The van der Waals surface area contributed by atoms with Crippen molar-refractivity contribution in [3.8, 4) is 0 Å². The second-order valence-corrected chi connectivity index (χ2v) is 4.49. The molecule has 1 atom stereocenters. The van der Waals surface area contributed by atoms with Gasteiger partial charge in [-0.15, -0.1) is 0 Å². The molecule has 0 bridgehead atoms. The number of carbonyl (C=O) groups excluding carboxylic acids is 2. The molecule has 2 rings (SSSR count). The number of likely N-dealkylation sites (N-methyl/N-ethyl adjacent to an activating group) is 1. The van der Waals surface area contributed by atoms with Gasteiger partial charge in [-0.2, -0.15) is 5.10 Å². The average molecular weight is 281 g/mol. The normalized spacial score (nSPS) is 18.9. The second kappa shape index (κ2) is 5.91. The van der Waals surface area contributed by atoms with Gasteiger partial charge in [0, 0.05) is 26.3 Å². The zero-order valence-corrected chi connectivity index (χ0v) is 11.6. The number of amides is 2.